The van der Waals surface area contributed by atoms with E-state index in [2.05, 4.69) is 10.6 Å². The number of rotatable bonds is 6. The molecule has 6 nitrogen and oxygen atoms in total. The Bertz CT molecular complexity index is 1150. The topological polar surface area (TPSA) is 70.7 Å². The predicted molar refractivity (Wildman–Crippen MR) is 128 cm³/mol. The van der Waals surface area contributed by atoms with Crippen molar-refractivity contribution in [2.24, 2.45) is 0 Å². The fraction of sp³-hybridized carbons (Fsp3) is 0.200. The quantitative estimate of drug-likeness (QED) is 0.510. The Morgan fingerprint density at radius 2 is 1.88 bits per heavy atom. The van der Waals surface area contributed by atoms with Crippen LogP contribution in [0.3, 0.4) is 0 Å². The van der Waals surface area contributed by atoms with Crippen LogP contribution >= 0.6 is 11.8 Å². The first-order valence-corrected chi connectivity index (χ1v) is 11.2. The summed E-state index contributed by atoms with van der Waals surface area (Å²) < 4.78 is 5.24. The highest BCUT2D eigenvalue weighted by molar-refractivity contribution is 7.99. The van der Waals surface area contributed by atoms with Crippen molar-refractivity contribution in [1.29, 1.82) is 0 Å². The van der Waals surface area contributed by atoms with Gasteiger partial charge in [0.15, 0.2) is 0 Å². The van der Waals surface area contributed by atoms with Crippen molar-refractivity contribution in [1.82, 2.24) is 5.32 Å². The molecule has 3 aromatic carbocycles. The molecule has 2 N–H and O–H groups in total. The molecule has 0 aliphatic carbocycles. The molecule has 1 aliphatic heterocycles. The van der Waals surface area contributed by atoms with Crippen LogP contribution in [0.25, 0.3) is 0 Å². The molecule has 4 rings (SSSR count). The summed E-state index contributed by atoms with van der Waals surface area (Å²) in [6.45, 7) is 0.553. The summed E-state index contributed by atoms with van der Waals surface area (Å²) in [6, 6.07) is 20.9. The van der Waals surface area contributed by atoms with Gasteiger partial charge in [0.25, 0.3) is 5.91 Å². The zero-order valence-corrected chi connectivity index (χ0v) is 18.9. The molecule has 7 heteroatoms. The number of hydrogen-bond donors (Lipinski definition) is 2. The van der Waals surface area contributed by atoms with Crippen LogP contribution in [0.5, 0.6) is 5.75 Å². The van der Waals surface area contributed by atoms with Gasteiger partial charge in [-0.15, -0.1) is 0 Å². The van der Waals surface area contributed by atoms with E-state index in [0.717, 1.165) is 34.1 Å². The van der Waals surface area contributed by atoms with Gasteiger partial charge in [-0.05, 0) is 60.9 Å². The molecule has 0 radical (unpaired) electrons. The second kappa shape index (κ2) is 9.78. The minimum absolute atomic E-state index is 0.0639. The van der Waals surface area contributed by atoms with Crippen molar-refractivity contribution in [3.63, 3.8) is 0 Å². The van der Waals surface area contributed by atoms with E-state index in [9.17, 15) is 9.59 Å². The van der Waals surface area contributed by atoms with E-state index in [1.165, 1.54) is 5.56 Å². The second-order valence-corrected chi connectivity index (χ2v) is 8.56. The predicted octanol–water partition coefficient (Wildman–Crippen LogP) is 5.19. The van der Waals surface area contributed by atoms with Crippen molar-refractivity contribution in [2.45, 2.75) is 22.6 Å². The zero-order valence-electron chi connectivity index (χ0n) is 18.1. The van der Waals surface area contributed by atoms with Crippen LogP contribution < -0.4 is 20.3 Å². The first-order chi connectivity index (χ1) is 15.5. The molecule has 32 heavy (non-hydrogen) atoms. The Morgan fingerprint density at radius 3 is 2.72 bits per heavy atom. The smallest absolute Gasteiger partial charge is 0.319 e. The van der Waals surface area contributed by atoms with Gasteiger partial charge in [-0.1, -0.05) is 36.0 Å². The third kappa shape index (κ3) is 4.89. The summed E-state index contributed by atoms with van der Waals surface area (Å²) in [5.74, 6) is 0.770. The van der Waals surface area contributed by atoms with E-state index in [4.69, 9.17) is 4.74 Å². The van der Waals surface area contributed by atoms with Crippen molar-refractivity contribution in [2.75, 3.05) is 30.9 Å². The number of nitrogens with one attached hydrogen (secondary N) is 2. The van der Waals surface area contributed by atoms with Gasteiger partial charge in [0.1, 0.15) is 5.75 Å². The molecule has 0 spiro atoms. The van der Waals surface area contributed by atoms with Crippen LogP contribution in [-0.2, 0) is 6.42 Å². The number of hydrogen-bond acceptors (Lipinski definition) is 4. The third-order valence-corrected chi connectivity index (χ3v) is 6.42. The Labute approximate surface area is 192 Å². The summed E-state index contributed by atoms with van der Waals surface area (Å²) in [7, 11) is 3.41. The molecule has 0 fully saturated rings. The Hall–Kier alpha value is -3.45. The molecule has 0 aromatic heterocycles. The fourth-order valence-corrected chi connectivity index (χ4v) is 4.67. The SMILES string of the molecule is COc1cccc(CCCNC(=O)Nc2ccc3c(c2)N(C)C(=O)c2ccccc2S3)c1. The maximum atomic E-state index is 12.9. The molecule has 164 valence electrons. The number of amides is 3. The van der Waals surface area contributed by atoms with Crippen molar-refractivity contribution in [3.8, 4) is 5.75 Å². The average molecular weight is 448 g/mol. The number of methoxy groups -OCH3 is 1. The van der Waals surface area contributed by atoms with E-state index in [-0.39, 0.29) is 11.9 Å². The Balaban J connectivity index is 1.35. The van der Waals surface area contributed by atoms with Gasteiger partial charge < -0.3 is 20.3 Å². The van der Waals surface area contributed by atoms with E-state index >= 15 is 0 Å². The van der Waals surface area contributed by atoms with Crippen molar-refractivity contribution in [3.05, 3.63) is 77.9 Å². The first kappa shape index (κ1) is 21.8. The van der Waals surface area contributed by atoms with Crippen LogP contribution in [0.15, 0.2) is 76.5 Å². The van der Waals surface area contributed by atoms with Crippen LogP contribution in [0, 0.1) is 0 Å². The number of ether oxygens (including phenoxy) is 1. The molecule has 0 atom stereocenters. The van der Waals surface area contributed by atoms with E-state index in [1.54, 1.807) is 30.8 Å². The van der Waals surface area contributed by atoms with Crippen molar-refractivity contribution < 1.29 is 14.3 Å². The molecule has 1 aliphatic rings. The molecule has 0 bridgehead atoms. The standard InChI is InChI=1S/C25H25N3O3S/c1-28-21-16-18(12-13-23(21)32-22-11-4-3-10-20(22)24(28)29)27-25(30)26-14-6-8-17-7-5-9-19(15-17)31-2/h3-5,7,9-13,15-16H,6,8,14H2,1-2H3,(H2,26,27,30). The number of urea groups is 1. The van der Waals surface area contributed by atoms with Gasteiger partial charge in [-0.2, -0.15) is 0 Å². The van der Waals surface area contributed by atoms with Gasteiger partial charge in [0, 0.05) is 29.1 Å². The minimum Gasteiger partial charge on any atom is -0.497 e. The molecular weight excluding hydrogens is 422 g/mol. The van der Waals surface area contributed by atoms with Gasteiger partial charge in [-0.25, -0.2) is 4.79 Å². The normalized spacial score (nSPS) is 12.4. The average Bonchev–Trinajstić information content (AvgIpc) is 2.92. The molecule has 0 saturated heterocycles. The van der Waals surface area contributed by atoms with Gasteiger partial charge >= 0.3 is 6.03 Å². The largest absolute Gasteiger partial charge is 0.497 e. The minimum atomic E-state index is -0.269. The zero-order chi connectivity index (χ0) is 22.5. The molecule has 0 unspecified atom stereocenters. The lowest BCUT2D eigenvalue weighted by Crippen LogP contribution is -2.30. The molecule has 3 aromatic rings. The summed E-state index contributed by atoms with van der Waals surface area (Å²) in [4.78, 5) is 28.8. The maximum Gasteiger partial charge on any atom is 0.319 e. The highest BCUT2D eigenvalue weighted by Gasteiger charge is 2.24. The molecule has 0 saturated carbocycles. The number of aryl methyl sites for hydroxylation is 1. The van der Waals surface area contributed by atoms with Crippen LogP contribution in [0.4, 0.5) is 16.2 Å². The van der Waals surface area contributed by atoms with Gasteiger partial charge in [0.05, 0.1) is 18.4 Å². The third-order valence-electron chi connectivity index (χ3n) is 5.28. The van der Waals surface area contributed by atoms with Gasteiger partial charge in [0.2, 0.25) is 0 Å². The van der Waals surface area contributed by atoms with Crippen molar-refractivity contribution >= 4 is 35.1 Å². The number of benzene rings is 3. The summed E-state index contributed by atoms with van der Waals surface area (Å²) >= 11 is 1.56. The van der Waals surface area contributed by atoms with E-state index < -0.39 is 0 Å². The monoisotopic (exact) mass is 447 g/mol. The Kier molecular flexibility index (Phi) is 6.66. The summed E-state index contributed by atoms with van der Waals surface area (Å²) in [5.41, 5.74) is 3.26. The number of nitrogens with zero attached hydrogens (tertiary/aromatic N) is 1. The summed E-state index contributed by atoms with van der Waals surface area (Å²) in [6.07, 6.45) is 1.66. The molecular formula is C25H25N3O3S. The number of anilines is 2. The van der Waals surface area contributed by atoms with Gasteiger partial charge in [-0.3, -0.25) is 4.79 Å². The number of carbonyl (C=O) groups excluding carboxylic acids is 2. The lowest BCUT2D eigenvalue weighted by molar-refractivity contribution is 0.0990. The van der Waals surface area contributed by atoms with Crippen LogP contribution in [0.1, 0.15) is 22.3 Å². The Morgan fingerprint density at radius 1 is 1.03 bits per heavy atom. The lowest BCUT2D eigenvalue weighted by Gasteiger charge is -2.18. The lowest BCUT2D eigenvalue weighted by atomic mass is 10.1. The first-order valence-electron chi connectivity index (χ1n) is 10.4. The highest BCUT2D eigenvalue weighted by Crippen LogP contribution is 2.41. The number of fused-ring (bicyclic) bond motifs is 2. The summed E-state index contributed by atoms with van der Waals surface area (Å²) in [5, 5.41) is 5.76. The van der Waals surface area contributed by atoms with E-state index in [0.29, 0.717) is 17.8 Å². The molecule has 3 amide bonds. The number of carbonyl (C=O) groups is 2. The maximum absolute atomic E-state index is 12.9. The fourth-order valence-electron chi connectivity index (χ4n) is 3.58. The van der Waals surface area contributed by atoms with E-state index in [1.807, 2.05) is 66.7 Å². The van der Waals surface area contributed by atoms with Crippen LogP contribution in [-0.4, -0.2) is 32.6 Å². The second-order valence-electron chi connectivity index (χ2n) is 7.48. The van der Waals surface area contributed by atoms with Crippen LogP contribution in [0.2, 0.25) is 0 Å². The highest BCUT2D eigenvalue weighted by atomic mass is 32.2. The molecule has 1 heterocycles.